The van der Waals surface area contributed by atoms with E-state index >= 15 is 0 Å². The third kappa shape index (κ3) is 4.08. The van der Waals surface area contributed by atoms with Gasteiger partial charge in [-0.25, -0.2) is 17.8 Å². The van der Waals surface area contributed by atoms with Gasteiger partial charge in [0, 0.05) is 38.8 Å². The number of pyridine rings is 1. The minimum Gasteiger partial charge on any atom is -0.366 e. The Morgan fingerprint density at radius 2 is 1.97 bits per heavy atom. The fraction of sp³-hybridized carbons (Fsp3) is 0.316. The molecule has 1 aromatic carbocycles. The van der Waals surface area contributed by atoms with E-state index in [1.165, 1.54) is 23.7 Å². The van der Waals surface area contributed by atoms with Gasteiger partial charge < -0.3 is 9.80 Å². The molecule has 1 amide bonds. The highest BCUT2D eigenvalue weighted by Gasteiger charge is 2.25. The smallest absolute Gasteiger partial charge is 0.223 e. The first kappa shape index (κ1) is 19.7. The molecule has 10 heteroatoms. The van der Waals surface area contributed by atoms with Gasteiger partial charge in [0.1, 0.15) is 0 Å². The van der Waals surface area contributed by atoms with Crippen molar-refractivity contribution in [2.75, 3.05) is 36.8 Å². The lowest BCUT2D eigenvalue weighted by atomic mass is 10.2. The molecule has 0 atom stereocenters. The number of halogens is 1. The van der Waals surface area contributed by atoms with Crippen LogP contribution in [0.25, 0.3) is 10.2 Å². The van der Waals surface area contributed by atoms with E-state index in [1.807, 2.05) is 4.90 Å². The number of piperazine rings is 1. The van der Waals surface area contributed by atoms with Crippen LogP contribution < -0.4 is 4.90 Å². The molecule has 0 spiro atoms. The van der Waals surface area contributed by atoms with E-state index in [4.69, 9.17) is 0 Å². The second kappa shape index (κ2) is 8.03. The summed E-state index contributed by atoms with van der Waals surface area (Å²) in [6.07, 6.45) is 2.62. The summed E-state index contributed by atoms with van der Waals surface area (Å²) in [6.45, 7) is 1.81. The third-order valence-electron chi connectivity index (χ3n) is 4.96. The van der Waals surface area contributed by atoms with Gasteiger partial charge in [-0.15, -0.1) is 11.3 Å². The van der Waals surface area contributed by atoms with Gasteiger partial charge in [0.05, 0.1) is 38.3 Å². The topological polar surface area (TPSA) is 83.5 Å². The van der Waals surface area contributed by atoms with Crippen LogP contribution in [-0.4, -0.2) is 61.1 Å². The standard InChI is InChI=1S/C19H19FN4O3S2/c20-14-12-21-6-4-16(14)23-7-9-24(10-8-23)18(25)5-11-29(26,27)17-3-1-2-15-19(17)28-13-22-15/h1-4,6,12-13H,5,7-11H2. The van der Waals surface area contributed by atoms with Crippen LogP contribution in [0.1, 0.15) is 6.42 Å². The second-order valence-electron chi connectivity index (χ2n) is 6.72. The Kier molecular flexibility index (Phi) is 5.46. The summed E-state index contributed by atoms with van der Waals surface area (Å²) in [5, 5.41) is 0. The number of amides is 1. The Labute approximate surface area is 171 Å². The second-order valence-corrected chi connectivity index (χ2v) is 9.65. The van der Waals surface area contributed by atoms with Crippen molar-refractivity contribution in [1.29, 1.82) is 0 Å². The van der Waals surface area contributed by atoms with Crippen LogP contribution in [0.4, 0.5) is 10.1 Å². The van der Waals surface area contributed by atoms with Crippen LogP contribution in [0.5, 0.6) is 0 Å². The molecular weight excluding hydrogens is 415 g/mol. The summed E-state index contributed by atoms with van der Waals surface area (Å²) in [7, 11) is -3.59. The molecule has 1 saturated heterocycles. The first-order chi connectivity index (χ1) is 14.0. The summed E-state index contributed by atoms with van der Waals surface area (Å²) in [4.78, 5) is 24.2. The Balaban J connectivity index is 1.37. The zero-order valence-electron chi connectivity index (χ0n) is 15.5. The van der Waals surface area contributed by atoms with Crippen molar-refractivity contribution in [3.8, 4) is 0 Å². The normalized spacial score (nSPS) is 15.1. The largest absolute Gasteiger partial charge is 0.366 e. The molecule has 0 saturated carbocycles. The van der Waals surface area contributed by atoms with Gasteiger partial charge in [0.2, 0.25) is 5.91 Å². The molecule has 3 heterocycles. The van der Waals surface area contributed by atoms with Gasteiger partial charge in [-0.1, -0.05) is 6.07 Å². The molecule has 2 aromatic heterocycles. The molecule has 29 heavy (non-hydrogen) atoms. The molecule has 152 valence electrons. The summed E-state index contributed by atoms with van der Waals surface area (Å²) in [5.74, 6) is -0.849. The number of thiazole rings is 1. The maximum atomic E-state index is 13.9. The molecule has 0 N–H and O–H groups in total. The quantitative estimate of drug-likeness (QED) is 0.613. The van der Waals surface area contributed by atoms with E-state index in [-0.39, 0.29) is 23.0 Å². The summed E-state index contributed by atoms with van der Waals surface area (Å²) in [5.41, 5.74) is 2.72. The van der Waals surface area contributed by atoms with E-state index in [0.717, 1.165) is 0 Å². The molecule has 0 radical (unpaired) electrons. The van der Waals surface area contributed by atoms with Crippen LogP contribution in [0.2, 0.25) is 0 Å². The van der Waals surface area contributed by atoms with Crippen LogP contribution in [-0.2, 0) is 14.6 Å². The molecule has 1 fully saturated rings. The number of sulfone groups is 1. The molecule has 0 bridgehead atoms. The van der Waals surface area contributed by atoms with E-state index < -0.39 is 15.7 Å². The molecule has 0 unspecified atom stereocenters. The molecular formula is C19H19FN4O3S2. The number of hydrogen-bond donors (Lipinski definition) is 0. The van der Waals surface area contributed by atoms with E-state index in [1.54, 1.807) is 34.7 Å². The van der Waals surface area contributed by atoms with Gasteiger partial charge in [-0.05, 0) is 18.2 Å². The minimum atomic E-state index is -3.59. The highest BCUT2D eigenvalue weighted by molar-refractivity contribution is 7.91. The van der Waals surface area contributed by atoms with Crippen molar-refractivity contribution in [3.63, 3.8) is 0 Å². The first-order valence-corrected chi connectivity index (χ1v) is 11.7. The predicted octanol–water partition coefficient (Wildman–Crippen LogP) is 2.34. The summed E-state index contributed by atoms with van der Waals surface area (Å²) >= 11 is 1.28. The number of benzene rings is 1. The van der Waals surface area contributed by atoms with Gasteiger partial charge in [-0.2, -0.15) is 0 Å². The number of anilines is 1. The third-order valence-corrected chi connectivity index (χ3v) is 7.72. The highest BCUT2D eigenvalue weighted by atomic mass is 32.2. The first-order valence-electron chi connectivity index (χ1n) is 9.13. The zero-order chi connectivity index (χ0) is 20.4. The lowest BCUT2D eigenvalue weighted by molar-refractivity contribution is -0.131. The minimum absolute atomic E-state index is 0.0822. The molecule has 1 aliphatic heterocycles. The number of rotatable bonds is 5. The average Bonchev–Trinajstić information content (AvgIpc) is 3.21. The number of nitrogens with zero attached hydrogens (tertiary/aromatic N) is 4. The fourth-order valence-electron chi connectivity index (χ4n) is 3.42. The molecule has 4 rings (SSSR count). The van der Waals surface area contributed by atoms with Gasteiger partial charge in [0.15, 0.2) is 15.7 Å². The van der Waals surface area contributed by atoms with E-state index in [2.05, 4.69) is 9.97 Å². The lowest BCUT2D eigenvalue weighted by Crippen LogP contribution is -2.49. The van der Waals surface area contributed by atoms with Crippen LogP contribution in [0, 0.1) is 5.82 Å². The lowest BCUT2D eigenvalue weighted by Gasteiger charge is -2.36. The van der Waals surface area contributed by atoms with Crippen molar-refractivity contribution < 1.29 is 17.6 Å². The van der Waals surface area contributed by atoms with Crippen molar-refractivity contribution >= 4 is 43.0 Å². The van der Waals surface area contributed by atoms with Gasteiger partial charge in [-0.3, -0.25) is 9.78 Å². The van der Waals surface area contributed by atoms with Crippen molar-refractivity contribution in [2.45, 2.75) is 11.3 Å². The van der Waals surface area contributed by atoms with Crippen molar-refractivity contribution in [3.05, 3.63) is 48.0 Å². The fourth-order valence-corrected chi connectivity index (χ4v) is 5.97. The maximum absolute atomic E-state index is 13.9. The van der Waals surface area contributed by atoms with Crippen molar-refractivity contribution in [1.82, 2.24) is 14.9 Å². The number of fused-ring (bicyclic) bond motifs is 1. The summed E-state index contributed by atoms with van der Waals surface area (Å²) < 4.78 is 40.0. The Bertz CT molecular complexity index is 1140. The number of carbonyl (C=O) groups excluding carboxylic acids is 1. The average molecular weight is 435 g/mol. The van der Waals surface area contributed by atoms with Gasteiger partial charge >= 0.3 is 0 Å². The Morgan fingerprint density at radius 1 is 1.17 bits per heavy atom. The zero-order valence-corrected chi connectivity index (χ0v) is 17.1. The van der Waals surface area contributed by atoms with Crippen LogP contribution in [0.15, 0.2) is 47.1 Å². The van der Waals surface area contributed by atoms with Crippen molar-refractivity contribution in [2.24, 2.45) is 0 Å². The molecule has 7 nitrogen and oxygen atoms in total. The predicted molar refractivity (Wildman–Crippen MR) is 109 cm³/mol. The number of hydrogen-bond acceptors (Lipinski definition) is 7. The summed E-state index contributed by atoms with van der Waals surface area (Å²) in [6, 6.07) is 6.59. The number of carbonyl (C=O) groups is 1. The monoisotopic (exact) mass is 434 g/mol. The van der Waals surface area contributed by atoms with Crippen LogP contribution in [0.3, 0.4) is 0 Å². The molecule has 3 aromatic rings. The maximum Gasteiger partial charge on any atom is 0.223 e. The Hall–Kier alpha value is -2.59. The van der Waals surface area contributed by atoms with Gasteiger partial charge in [0.25, 0.3) is 0 Å². The Morgan fingerprint density at radius 3 is 2.72 bits per heavy atom. The number of aromatic nitrogens is 2. The molecule has 1 aliphatic rings. The molecule has 0 aliphatic carbocycles. The highest BCUT2D eigenvalue weighted by Crippen LogP contribution is 2.27. The van der Waals surface area contributed by atoms with E-state index in [9.17, 15) is 17.6 Å². The van der Waals surface area contributed by atoms with E-state index in [0.29, 0.717) is 42.1 Å². The van der Waals surface area contributed by atoms with Crippen LogP contribution >= 0.6 is 11.3 Å². The SMILES string of the molecule is O=C(CCS(=O)(=O)c1cccc2ncsc12)N1CCN(c2ccncc2F)CC1.